The van der Waals surface area contributed by atoms with Gasteiger partial charge in [0.05, 0.1) is 4.90 Å². The molecule has 1 aromatic rings. The largest absolute Gasteiger partial charge is 0.356 e. The molecule has 0 saturated carbocycles. The monoisotopic (exact) mass is 469 g/mol. The van der Waals surface area contributed by atoms with E-state index in [1.807, 2.05) is 0 Å². The number of amides is 1. The Hall–Kier alpha value is -1.15. The van der Waals surface area contributed by atoms with Crippen LogP contribution in [0.15, 0.2) is 29.2 Å². The van der Waals surface area contributed by atoms with Gasteiger partial charge >= 0.3 is 0 Å². The van der Waals surface area contributed by atoms with Gasteiger partial charge < -0.3 is 10.2 Å². The molecule has 0 bridgehead atoms. The number of carbonyl (C=O) groups is 1. The number of halogens is 1. The molecule has 2 saturated heterocycles. The molecule has 0 spiro atoms. The number of rotatable bonds is 9. The van der Waals surface area contributed by atoms with Crippen molar-refractivity contribution in [2.24, 2.45) is 5.92 Å². The second kappa shape index (κ2) is 11.6. The van der Waals surface area contributed by atoms with E-state index in [-0.39, 0.29) is 16.7 Å². The standard InChI is InChI=1S/C23H36ClN3O3S/c1-2-21-6-3-4-14-26(21)15-5-13-25-23(28)18-19-11-16-27(17-12-19)31(29,30)22-9-7-20(24)8-10-22/h7-10,19,21H,2-6,11-18H2,1H3,(H,25,28)/t21-/m0/s1. The molecule has 31 heavy (non-hydrogen) atoms. The van der Waals surface area contributed by atoms with Gasteiger partial charge in [-0.25, -0.2) is 8.42 Å². The highest BCUT2D eigenvalue weighted by molar-refractivity contribution is 7.89. The zero-order valence-corrected chi connectivity index (χ0v) is 20.1. The van der Waals surface area contributed by atoms with E-state index in [1.165, 1.54) is 36.5 Å². The lowest BCUT2D eigenvalue weighted by Crippen LogP contribution is -2.41. The molecule has 1 amide bonds. The molecule has 1 aromatic carbocycles. The van der Waals surface area contributed by atoms with Crippen molar-refractivity contribution in [3.05, 3.63) is 29.3 Å². The molecular weight excluding hydrogens is 434 g/mol. The van der Waals surface area contributed by atoms with E-state index in [0.717, 1.165) is 19.5 Å². The molecular formula is C23H36ClN3O3S. The summed E-state index contributed by atoms with van der Waals surface area (Å²) >= 11 is 5.86. The zero-order chi connectivity index (χ0) is 22.3. The average Bonchev–Trinajstić information content (AvgIpc) is 2.77. The van der Waals surface area contributed by atoms with Gasteiger partial charge in [-0.1, -0.05) is 24.9 Å². The predicted molar refractivity (Wildman–Crippen MR) is 125 cm³/mol. The van der Waals surface area contributed by atoms with Crippen molar-refractivity contribution < 1.29 is 13.2 Å². The molecule has 2 aliphatic heterocycles. The lowest BCUT2D eigenvalue weighted by atomic mass is 9.94. The van der Waals surface area contributed by atoms with E-state index in [4.69, 9.17) is 11.6 Å². The molecule has 8 heteroatoms. The number of hydrogen-bond donors (Lipinski definition) is 1. The van der Waals surface area contributed by atoms with E-state index in [9.17, 15) is 13.2 Å². The van der Waals surface area contributed by atoms with Crippen molar-refractivity contribution in [2.45, 2.75) is 69.2 Å². The minimum absolute atomic E-state index is 0.0877. The molecule has 3 rings (SSSR count). The number of hydrogen-bond acceptors (Lipinski definition) is 4. The fourth-order valence-electron chi connectivity index (χ4n) is 4.77. The van der Waals surface area contributed by atoms with Crippen LogP contribution in [-0.4, -0.2) is 62.3 Å². The average molecular weight is 470 g/mol. The zero-order valence-electron chi connectivity index (χ0n) is 18.6. The smallest absolute Gasteiger partial charge is 0.243 e. The van der Waals surface area contributed by atoms with E-state index >= 15 is 0 Å². The Balaban J connectivity index is 1.35. The van der Waals surface area contributed by atoms with Crippen LogP contribution in [0.3, 0.4) is 0 Å². The molecule has 1 atom stereocenters. The van der Waals surface area contributed by atoms with E-state index in [2.05, 4.69) is 17.1 Å². The number of carbonyl (C=O) groups excluding carboxylic acids is 1. The number of piperidine rings is 2. The lowest BCUT2D eigenvalue weighted by Gasteiger charge is -2.35. The summed E-state index contributed by atoms with van der Waals surface area (Å²) in [6.07, 6.45) is 8.03. The summed E-state index contributed by atoms with van der Waals surface area (Å²) < 4.78 is 27.1. The van der Waals surface area contributed by atoms with Crippen molar-refractivity contribution in [3.8, 4) is 0 Å². The van der Waals surface area contributed by atoms with Crippen molar-refractivity contribution in [1.82, 2.24) is 14.5 Å². The van der Waals surface area contributed by atoms with E-state index in [1.54, 1.807) is 24.3 Å². The normalized spacial score (nSPS) is 21.8. The third-order valence-corrected chi connectivity index (χ3v) is 8.83. The van der Waals surface area contributed by atoms with Gasteiger partial charge in [-0.15, -0.1) is 0 Å². The maximum absolute atomic E-state index is 12.8. The molecule has 174 valence electrons. The first kappa shape index (κ1) is 24.5. The summed E-state index contributed by atoms with van der Waals surface area (Å²) in [6, 6.07) is 6.99. The van der Waals surface area contributed by atoms with Crippen LogP contribution in [0.1, 0.15) is 58.3 Å². The quantitative estimate of drug-likeness (QED) is 0.557. The number of nitrogens with zero attached hydrogens (tertiary/aromatic N) is 2. The van der Waals surface area contributed by atoms with Crippen LogP contribution in [0.25, 0.3) is 0 Å². The second-order valence-electron chi connectivity index (χ2n) is 8.80. The number of sulfonamides is 1. The molecule has 0 aromatic heterocycles. The summed E-state index contributed by atoms with van der Waals surface area (Å²) in [7, 11) is -3.50. The Morgan fingerprint density at radius 3 is 2.48 bits per heavy atom. The maximum atomic E-state index is 12.8. The molecule has 0 radical (unpaired) electrons. The molecule has 2 fully saturated rings. The van der Waals surface area contributed by atoms with Gasteiger partial charge in [0, 0.05) is 43.7 Å². The third-order valence-electron chi connectivity index (χ3n) is 6.66. The van der Waals surface area contributed by atoms with Crippen LogP contribution >= 0.6 is 11.6 Å². The van der Waals surface area contributed by atoms with Gasteiger partial charge in [0.25, 0.3) is 0 Å². The van der Waals surface area contributed by atoms with Gasteiger partial charge in [0.2, 0.25) is 15.9 Å². The Morgan fingerprint density at radius 2 is 1.81 bits per heavy atom. The lowest BCUT2D eigenvalue weighted by molar-refractivity contribution is -0.122. The Labute approximate surface area is 192 Å². The van der Waals surface area contributed by atoms with Crippen molar-refractivity contribution in [3.63, 3.8) is 0 Å². The van der Waals surface area contributed by atoms with Gasteiger partial charge in [-0.3, -0.25) is 4.79 Å². The fraction of sp³-hybridized carbons (Fsp3) is 0.696. The van der Waals surface area contributed by atoms with Gasteiger partial charge in [-0.05, 0) is 75.3 Å². The SMILES string of the molecule is CC[C@H]1CCCCN1CCCNC(=O)CC1CCN(S(=O)(=O)c2ccc(Cl)cc2)CC1. The van der Waals surface area contributed by atoms with Crippen LogP contribution in [0.2, 0.25) is 5.02 Å². The van der Waals surface area contributed by atoms with Crippen LogP contribution in [0.5, 0.6) is 0 Å². The maximum Gasteiger partial charge on any atom is 0.243 e. The molecule has 2 aliphatic rings. The highest BCUT2D eigenvalue weighted by Crippen LogP contribution is 2.26. The number of nitrogens with one attached hydrogen (secondary N) is 1. The van der Waals surface area contributed by atoms with Gasteiger partial charge in [-0.2, -0.15) is 4.31 Å². The highest BCUT2D eigenvalue weighted by atomic mass is 35.5. The fourth-order valence-corrected chi connectivity index (χ4v) is 6.37. The van der Waals surface area contributed by atoms with Crippen LogP contribution in [0.4, 0.5) is 0 Å². The van der Waals surface area contributed by atoms with Crippen molar-refractivity contribution in [1.29, 1.82) is 0 Å². The minimum Gasteiger partial charge on any atom is -0.356 e. The van der Waals surface area contributed by atoms with E-state index in [0.29, 0.717) is 43.4 Å². The topological polar surface area (TPSA) is 69.7 Å². The number of benzene rings is 1. The Bertz CT molecular complexity index is 808. The summed E-state index contributed by atoms with van der Waals surface area (Å²) in [4.78, 5) is 15.2. The van der Waals surface area contributed by atoms with Crippen LogP contribution in [-0.2, 0) is 14.8 Å². The first-order chi connectivity index (χ1) is 14.9. The predicted octanol–water partition coefficient (Wildman–Crippen LogP) is 3.90. The first-order valence-corrected chi connectivity index (χ1v) is 13.5. The van der Waals surface area contributed by atoms with Crippen LogP contribution < -0.4 is 5.32 Å². The third kappa shape index (κ3) is 6.91. The summed E-state index contributed by atoms with van der Waals surface area (Å²) in [6.45, 7) is 6.13. The molecule has 1 N–H and O–H groups in total. The minimum atomic E-state index is -3.50. The summed E-state index contributed by atoms with van der Waals surface area (Å²) in [5.74, 6) is 0.327. The molecule has 2 heterocycles. The molecule has 0 aliphatic carbocycles. The Kier molecular flexibility index (Phi) is 9.19. The van der Waals surface area contributed by atoms with Gasteiger partial charge in [0.15, 0.2) is 0 Å². The summed E-state index contributed by atoms with van der Waals surface area (Å²) in [5.41, 5.74) is 0. The second-order valence-corrected chi connectivity index (χ2v) is 11.2. The van der Waals surface area contributed by atoms with Crippen molar-refractivity contribution >= 4 is 27.5 Å². The molecule has 6 nitrogen and oxygen atoms in total. The highest BCUT2D eigenvalue weighted by Gasteiger charge is 2.30. The first-order valence-electron chi connectivity index (χ1n) is 11.7. The van der Waals surface area contributed by atoms with Crippen molar-refractivity contribution in [2.75, 3.05) is 32.7 Å². The van der Waals surface area contributed by atoms with Gasteiger partial charge in [0.1, 0.15) is 0 Å². The Morgan fingerprint density at radius 1 is 1.10 bits per heavy atom. The molecule has 0 unspecified atom stereocenters. The summed E-state index contributed by atoms with van der Waals surface area (Å²) in [5, 5.41) is 3.58. The van der Waals surface area contributed by atoms with Crippen LogP contribution in [0, 0.1) is 5.92 Å². The van der Waals surface area contributed by atoms with E-state index < -0.39 is 10.0 Å². The number of likely N-dealkylation sites (tertiary alicyclic amines) is 1.